The highest BCUT2D eigenvalue weighted by molar-refractivity contribution is 7.25. The zero-order valence-electron chi connectivity index (χ0n) is 30.1. The first kappa shape index (κ1) is 31.1. The molecule has 1 aliphatic carbocycles. The average molecular weight is 709 g/mol. The van der Waals surface area contributed by atoms with Gasteiger partial charge >= 0.3 is 0 Å². The Morgan fingerprint density at radius 1 is 0.426 bits per heavy atom. The van der Waals surface area contributed by atoms with E-state index in [9.17, 15) is 0 Å². The fourth-order valence-corrected chi connectivity index (χ4v) is 10.0. The molecule has 256 valence electrons. The summed E-state index contributed by atoms with van der Waals surface area (Å²) in [5.74, 6) is 0. The molecule has 2 heterocycles. The van der Waals surface area contributed by atoms with Crippen molar-refractivity contribution in [3.05, 3.63) is 187 Å². The topological polar surface area (TPSA) is 19.0 Å². The molecule has 1 aliphatic rings. The van der Waals surface area contributed by atoms with Gasteiger partial charge in [-0.05, 0) is 93.5 Å². The molecule has 0 fully saturated rings. The van der Waals surface area contributed by atoms with Crippen LogP contribution in [0.5, 0.6) is 0 Å². The van der Waals surface area contributed by atoms with Crippen LogP contribution in [0, 0.1) is 0 Å². The second-order valence-corrected chi connectivity index (χ2v) is 16.1. The lowest BCUT2D eigenvalue weighted by molar-refractivity contribution is 0.660. The van der Waals surface area contributed by atoms with Crippen molar-refractivity contribution in [2.45, 2.75) is 19.3 Å². The van der Waals surface area contributed by atoms with Crippen molar-refractivity contribution in [2.75, 3.05) is 4.90 Å². The zero-order valence-corrected chi connectivity index (χ0v) is 30.9. The van der Waals surface area contributed by atoms with Crippen molar-refractivity contribution in [2.24, 2.45) is 0 Å². The molecule has 0 atom stereocenters. The smallest absolute Gasteiger partial charge is 0.0544 e. The highest BCUT2D eigenvalue weighted by atomic mass is 32.1. The summed E-state index contributed by atoms with van der Waals surface area (Å²) in [5.41, 5.74) is 15.9. The summed E-state index contributed by atoms with van der Waals surface area (Å²) in [6, 6.07) is 64.8. The van der Waals surface area contributed by atoms with E-state index in [1.165, 1.54) is 81.0 Å². The summed E-state index contributed by atoms with van der Waals surface area (Å²) in [7, 11) is 0. The number of nitrogens with one attached hydrogen (secondary N) is 1. The Balaban J connectivity index is 1.06. The van der Waals surface area contributed by atoms with E-state index in [4.69, 9.17) is 0 Å². The Hall–Kier alpha value is -6.42. The highest BCUT2D eigenvalue weighted by Crippen LogP contribution is 2.51. The van der Waals surface area contributed by atoms with E-state index in [1.54, 1.807) is 0 Å². The second-order valence-electron chi connectivity index (χ2n) is 15.0. The number of aromatic nitrogens is 1. The molecule has 0 radical (unpaired) electrons. The monoisotopic (exact) mass is 708 g/mol. The minimum Gasteiger partial charge on any atom is -0.354 e. The molecule has 0 spiro atoms. The molecule has 0 saturated carbocycles. The fraction of sp³-hybridized carbons (Fsp3) is 0.0588. The molecule has 10 aromatic rings. The molecule has 2 nitrogen and oxygen atoms in total. The van der Waals surface area contributed by atoms with Gasteiger partial charge in [-0.15, -0.1) is 11.3 Å². The van der Waals surface area contributed by atoms with Crippen molar-refractivity contribution >= 4 is 70.4 Å². The summed E-state index contributed by atoms with van der Waals surface area (Å²) in [5, 5.41) is 5.09. The Morgan fingerprint density at radius 3 is 1.96 bits per heavy atom. The minimum atomic E-state index is -0.0964. The van der Waals surface area contributed by atoms with E-state index in [0.717, 1.165) is 22.6 Å². The molecule has 0 bridgehead atoms. The lowest BCUT2D eigenvalue weighted by Gasteiger charge is -2.28. The summed E-state index contributed by atoms with van der Waals surface area (Å²) >= 11 is 1.87. The van der Waals surface area contributed by atoms with E-state index < -0.39 is 0 Å². The van der Waals surface area contributed by atoms with Crippen LogP contribution in [0.15, 0.2) is 176 Å². The van der Waals surface area contributed by atoms with E-state index in [0.29, 0.717) is 0 Å². The third-order valence-electron chi connectivity index (χ3n) is 11.6. The van der Waals surface area contributed by atoms with Gasteiger partial charge in [0.1, 0.15) is 0 Å². The summed E-state index contributed by atoms with van der Waals surface area (Å²) < 4.78 is 2.65. The number of anilines is 3. The molecule has 1 N–H and O–H groups in total. The van der Waals surface area contributed by atoms with Crippen LogP contribution in [0.3, 0.4) is 0 Å². The van der Waals surface area contributed by atoms with Crippen LogP contribution >= 0.6 is 11.3 Å². The van der Waals surface area contributed by atoms with Gasteiger partial charge in [0.15, 0.2) is 0 Å². The lowest BCUT2D eigenvalue weighted by Crippen LogP contribution is -2.16. The van der Waals surface area contributed by atoms with Crippen molar-refractivity contribution in [3.63, 3.8) is 0 Å². The highest BCUT2D eigenvalue weighted by Gasteiger charge is 2.35. The molecule has 3 heteroatoms. The van der Waals surface area contributed by atoms with Crippen molar-refractivity contribution in [1.29, 1.82) is 0 Å². The van der Waals surface area contributed by atoms with Crippen LogP contribution in [0.2, 0.25) is 0 Å². The van der Waals surface area contributed by atoms with Gasteiger partial charge in [0, 0.05) is 64.5 Å². The number of thiophene rings is 1. The van der Waals surface area contributed by atoms with Crippen LogP contribution in [-0.4, -0.2) is 4.98 Å². The van der Waals surface area contributed by atoms with Gasteiger partial charge in [-0.2, -0.15) is 0 Å². The van der Waals surface area contributed by atoms with E-state index in [2.05, 4.69) is 200 Å². The number of aromatic amines is 1. The van der Waals surface area contributed by atoms with E-state index in [1.807, 2.05) is 11.3 Å². The van der Waals surface area contributed by atoms with Gasteiger partial charge < -0.3 is 9.88 Å². The van der Waals surface area contributed by atoms with Crippen molar-refractivity contribution in [1.82, 2.24) is 4.98 Å². The van der Waals surface area contributed by atoms with Gasteiger partial charge in [-0.1, -0.05) is 135 Å². The Labute approximate surface area is 318 Å². The van der Waals surface area contributed by atoms with Crippen molar-refractivity contribution < 1.29 is 0 Å². The predicted octanol–water partition coefficient (Wildman–Crippen LogP) is 14.8. The summed E-state index contributed by atoms with van der Waals surface area (Å²) in [4.78, 5) is 6.25. The van der Waals surface area contributed by atoms with Crippen LogP contribution in [0.4, 0.5) is 17.1 Å². The standard InChI is InChI=1S/C51H36N2S/c1-51(2)45-17-8-6-13-39(45)40-27-24-37(31-46(40)51)53(35-22-19-33(20-23-35)32-11-4-3-5-12-32)36-25-28-47-44(30-36)43-16-10-15-38(50(43)52-47)34-21-26-42-41-14-7-9-18-48(41)54-49(42)29-34/h3-31,52H,1-2H3. The molecule has 0 amide bonds. The second kappa shape index (κ2) is 11.8. The van der Waals surface area contributed by atoms with Crippen LogP contribution in [-0.2, 0) is 5.41 Å². The molecule has 2 aromatic heterocycles. The average Bonchev–Trinajstić information content (AvgIpc) is 3.86. The number of H-pyrrole nitrogens is 1. The number of hydrogen-bond donors (Lipinski definition) is 1. The Kier molecular flexibility index (Phi) is 6.80. The third kappa shape index (κ3) is 4.72. The predicted molar refractivity (Wildman–Crippen MR) is 232 cm³/mol. The largest absolute Gasteiger partial charge is 0.354 e. The van der Waals surface area contributed by atoms with E-state index in [-0.39, 0.29) is 5.41 Å². The molecule has 0 unspecified atom stereocenters. The molecule has 54 heavy (non-hydrogen) atoms. The Bertz CT molecular complexity index is 3070. The maximum absolute atomic E-state index is 3.83. The van der Waals surface area contributed by atoms with Crippen LogP contribution in [0.1, 0.15) is 25.0 Å². The van der Waals surface area contributed by atoms with E-state index >= 15 is 0 Å². The van der Waals surface area contributed by atoms with Gasteiger partial charge in [-0.3, -0.25) is 0 Å². The van der Waals surface area contributed by atoms with Gasteiger partial charge in [-0.25, -0.2) is 0 Å². The number of hydrogen-bond acceptors (Lipinski definition) is 2. The normalized spacial score (nSPS) is 13.1. The number of rotatable bonds is 5. The molecule has 11 rings (SSSR count). The molecule has 8 aromatic carbocycles. The maximum Gasteiger partial charge on any atom is 0.0544 e. The van der Waals surface area contributed by atoms with Gasteiger partial charge in [0.25, 0.3) is 0 Å². The first-order valence-corrected chi connectivity index (χ1v) is 19.5. The number of benzene rings is 8. The quantitative estimate of drug-likeness (QED) is 0.189. The molecular weight excluding hydrogens is 673 g/mol. The van der Waals surface area contributed by atoms with Crippen LogP contribution in [0.25, 0.3) is 75.4 Å². The number of nitrogens with zero attached hydrogens (tertiary/aromatic N) is 1. The first-order valence-electron chi connectivity index (χ1n) is 18.7. The first-order chi connectivity index (χ1) is 26.5. The zero-order chi connectivity index (χ0) is 36.0. The van der Waals surface area contributed by atoms with Gasteiger partial charge in [0.2, 0.25) is 0 Å². The third-order valence-corrected chi connectivity index (χ3v) is 12.8. The number of para-hydroxylation sites is 1. The molecule has 0 saturated heterocycles. The van der Waals surface area contributed by atoms with Crippen LogP contribution < -0.4 is 4.90 Å². The maximum atomic E-state index is 3.83. The fourth-order valence-electron chi connectivity index (χ4n) is 8.90. The Morgan fingerprint density at radius 2 is 1.07 bits per heavy atom. The summed E-state index contributed by atoms with van der Waals surface area (Å²) in [6.45, 7) is 4.71. The molecule has 0 aliphatic heterocycles. The van der Waals surface area contributed by atoms with Crippen molar-refractivity contribution in [3.8, 4) is 33.4 Å². The lowest BCUT2D eigenvalue weighted by atomic mass is 9.82. The molecular formula is C51H36N2S. The minimum absolute atomic E-state index is 0.0964. The van der Waals surface area contributed by atoms with Gasteiger partial charge in [0.05, 0.1) is 5.52 Å². The summed E-state index contributed by atoms with van der Waals surface area (Å²) in [6.07, 6.45) is 0. The SMILES string of the molecule is CC1(C)c2ccccc2-c2ccc(N(c3ccc(-c4ccccc4)cc3)c3ccc4[nH]c5c(-c6ccc7c(c6)sc6ccccc67)cccc5c4c3)cc21. The number of fused-ring (bicyclic) bond motifs is 9.